The monoisotopic (exact) mass is 637 g/mol. The Balaban J connectivity index is 1.03. The highest BCUT2D eigenvalue weighted by Crippen LogP contribution is 2.78. The summed E-state index contributed by atoms with van der Waals surface area (Å²) in [5.41, 5.74) is 0.475. The molecule has 3 saturated carbocycles. The van der Waals surface area contributed by atoms with Crippen molar-refractivity contribution >= 4 is 16.8 Å². The van der Waals surface area contributed by atoms with Crippen LogP contribution in [-0.4, -0.2) is 61.8 Å². The number of H-pyrrole nitrogens is 1. The summed E-state index contributed by atoms with van der Waals surface area (Å²) >= 11 is 0. The Labute approximate surface area is 275 Å². The van der Waals surface area contributed by atoms with E-state index in [4.69, 9.17) is 4.42 Å². The third-order valence-electron chi connectivity index (χ3n) is 14.7. The Bertz CT molecular complexity index is 1860. The van der Waals surface area contributed by atoms with Crippen LogP contribution in [0.15, 0.2) is 75.7 Å². The van der Waals surface area contributed by atoms with Gasteiger partial charge in [-0.05, 0) is 99.3 Å². The molecular formula is C39H47N3O5. The molecule has 8 atom stereocenters. The van der Waals surface area contributed by atoms with Crippen LogP contribution in [0.5, 0.6) is 0 Å². The van der Waals surface area contributed by atoms with Crippen LogP contribution in [0, 0.1) is 33.5 Å². The zero-order valence-corrected chi connectivity index (χ0v) is 27.6. The zero-order valence-electron chi connectivity index (χ0n) is 27.6. The lowest BCUT2D eigenvalue weighted by Gasteiger charge is -2.71. The summed E-state index contributed by atoms with van der Waals surface area (Å²) in [6.45, 7) is 6.99. The average Bonchev–Trinajstić information content (AvgIpc) is 3.78. The third kappa shape index (κ3) is 3.81. The molecule has 0 radical (unpaired) electrons. The first-order chi connectivity index (χ1) is 22.5. The molecule has 4 fully saturated rings. The number of fused-ring (bicyclic) bond motifs is 2. The van der Waals surface area contributed by atoms with Gasteiger partial charge in [-0.15, -0.1) is 0 Å². The fourth-order valence-electron chi connectivity index (χ4n) is 12.3. The summed E-state index contributed by atoms with van der Waals surface area (Å²) in [5.74, 6) is 0.708. The predicted molar refractivity (Wildman–Crippen MR) is 179 cm³/mol. The SMILES string of the molecule is CC12CCC(O)CC13C=CC1(C(C(=O)c4ccco4)=C3)C2CCC2(C)C1CCC2(O)CN1CCC(n2c(=O)[nH]c3ccccc32)CC1. The molecule has 2 bridgehead atoms. The van der Waals surface area contributed by atoms with E-state index in [1.165, 1.54) is 0 Å². The zero-order chi connectivity index (χ0) is 32.4. The number of Topliss-reactive ketones (excluding diaryl/α,β-unsaturated/α-hetero) is 1. The fourth-order valence-corrected chi connectivity index (χ4v) is 12.3. The second kappa shape index (κ2) is 9.93. The number of rotatable bonds is 5. The van der Waals surface area contributed by atoms with Crippen LogP contribution in [-0.2, 0) is 0 Å². The van der Waals surface area contributed by atoms with Crippen LogP contribution < -0.4 is 5.69 Å². The summed E-state index contributed by atoms with van der Waals surface area (Å²) < 4.78 is 7.65. The van der Waals surface area contributed by atoms with Crippen molar-refractivity contribution in [2.75, 3.05) is 19.6 Å². The average molecular weight is 638 g/mol. The standard InChI is InChI=1S/C39H47N3O5/c1-35-14-9-26(43)22-37(35)17-18-39(27(23-37)33(44)30-8-5-21-47-30)31(35)10-15-36(2)32(39)11-16-38(36,46)24-41-19-12-25(13-20-41)42-29-7-4-3-6-28(29)40-34(42)45/h3-8,17-18,21,23,25-26,31-32,43,46H,9-16,19-20,22,24H2,1-2H3,(H,40,45). The number of nitrogens with one attached hydrogen (secondary N) is 1. The number of aliphatic hydroxyl groups is 2. The molecule has 2 spiro atoms. The first-order valence-electron chi connectivity index (χ1n) is 17.9. The number of furan rings is 1. The van der Waals surface area contributed by atoms with Crippen LogP contribution >= 0.6 is 0 Å². The van der Waals surface area contributed by atoms with Crippen LogP contribution in [0.3, 0.4) is 0 Å². The van der Waals surface area contributed by atoms with Gasteiger partial charge < -0.3 is 24.5 Å². The van der Waals surface area contributed by atoms with E-state index in [1.807, 2.05) is 28.8 Å². The van der Waals surface area contributed by atoms with Crippen molar-refractivity contribution in [1.29, 1.82) is 0 Å². The van der Waals surface area contributed by atoms with E-state index in [0.717, 1.165) is 74.6 Å². The first kappa shape index (κ1) is 29.9. The molecule has 3 aromatic rings. The largest absolute Gasteiger partial charge is 0.461 e. The minimum Gasteiger partial charge on any atom is -0.461 e. The number of carbonyl (C=O) groups is 1. The molecule has 8 unspecified atom stereocenters. The minimum absolute atomic E-state index is 0.0416. The second-order valence-corrected chi connectivity index (χ2v) is 16.4. The summed E-state index contributed by atoms with van der Waals surface area (Å²) in [6, 6.07) is 11.6. The second-order valence-electron chi connectivity index (χ2n) is 16.4. The number of para-hydroxylation sites is 2. The van der Waals surface area contributed by atoms with Gasteiger partial charge in [0.1, 0.15) is 0 Å². The van der Waals surface area contributed by atoms with Gasteiger partial charge in [0.2, 0.25) is 5.78 Å². The lowest BCUT2D eigenvalue weighted by atomic mass is 9.32. The van der Waals surface area contributed by atoms with Gasteiger partial charge in [0.25, 0.3) is 0 Å². The highest BCUT2D eigenvalue weighted by Gasteiger charge is 2.74. The molecule has 10 rings (SSSR count). The van der Waals surface area contributed by atoms with Crippen LogP contribution in [0.2, 0.25) is 0 Å². The topological polar surface area (TPSA) is 112 Å². The van der Waals surface area contributed by atoms with Gasteiger partial charge in [0, 0.05) is 47.5 Å². The Morgan fingerprint density at radius 2 is 1.70 bits per heavy atom. The predicted octanol–water partition coefficient (Wildman–Crippen LogP) is 6.03. The van der Waals surface area contributed by atoms with Gasteiger partial charge in [0.05, 0.1) is 29.0 Å². The number of nitrogens with zero attached hydrogens (tertiary/aromatic N) is 2. The van der Waals surface area contributed by atoms with Gasteiger partial charge in [-0.25, -0.2) is 4.79 Å². The summed E-state index contributed by atoms with van der Waals surface area (Å²) in [4.78, 5) is 32.7. The lowest BCUT2D eigenvalue weighted by Crippen LogP contribution is -2.67. The number of allylic oxidation sites excluding steroid dienone is 4. The summed E-state index contributed by atoms with van der Waals surface area (Å²) in [5, 5.41) is 23.7. The number of aromatic amines is 1. The van der Waals surface area contributed by atoms with Gasteiger partial charge in [0.15, 0.2) is 5.76 Å². The number of likely N-dealkylation sites (tertiary alicyclic amines) is 1. The van der Waals surface area contributed by atoms with Gasteiger partial charge in [-0.3, -0.25) is 9.36 Å². The Morgan fingerprint density at radius 3 is 2.49 bits per heavy atom. The smallest absolute Gasteiger partial charge is 0.326 e. The number of carbonyl (C=O) groups excluding carboxylic acids is 1. The van der Waals surface area contributed by atoms with Crippen molar-refractivity contribution in [3.63, 3.8) is 0 Å². The molecule has 47 heavy (non-hydrogen) atoms. The van der Waals surface area contributed by atoms with Crippen molar-refractivity contribution < 1.29 is 19.4 Å². The van der Waals surface area contributed by atoms with E-state index < -0.39 is 11.0 Å². The molecule has 7 aliphatic rings. The highest BCUT2D eigenvalue weighted by atomic mass is 16.3. The van der Waals surface area contributed by atoms with Crippen molar-refractivity contribution in [2.24, 2.45) is 33.5 Å². The number of piperidine rings is 1. The number of benzene rings is 1. The maximum Gasteiger partial charge on any atom is 0.326 e. The molecule has 3 N–H and O–H groups in total. The molecule has 1 aromatic carbocycles. The number of imidazole rings is 1. The molecule has 2 aromatic heterocycles. The first-order valence-corrected chi connectivity index (χ1v) is 17.9. The molecule has 6 aliphatic carbocycles. The molecule has 0 amide bonds. The molecule has 8 heteroatoms. The number of aliphatic hydroxyl groups excluding tert-OH is 1. The number of hydrogen-bond acceptors (Lipinski definition) is 6. The number of ketones is 1. The Hall–Kier alpha value is -3.20. The molecular weight excluding hydrogens is 590 g/mol. The highest BCUT2D eigenvalue weighted by molar-refractivity contribution is 6.08. The van der Waals surface area contributed by atoms with Crippen molar-refractivity contribution in [2.45, 2.75) is 89.4 Å². The summed E-state index contributed by atoms with van der Waals surface area (Å²) in [6.07, 6.45) is 15.7. The maximum absolute atomic E-state index is 14.4. The Morgan fingerprint density at radius 1 is 0.957 bits per heavy atom. The summed E-state index contributed by atoms with van der Waals surface area (Å²) in [7, 11) is 0. The number of hydrogen-bond donors (Lipinski definition) is 3. The van der Waals surface area contributed by atoms with Gasteiger partial charge >= 0.3 is 5.69 Å². The molecule has 3 heterocycles. The van der Waals surface area contributed by atoms with Crippen molar-refractivity contribution in [3.05, 3.63) is 82.7 Å². The van der Waals surface area contributed by atoms with E-state index in [1.54, 1.807) is 18.4 Å². The quantitative estimate of drug-likeness (QED) is 0.233. The third-order valence-corrected chi connectivity index (χ3v) is 14.7. The van der Waals surface area contributed by atoms with Gasteiger partial charge in [-0.1, -0.05) is 44.2 Å². The van der Waals surface area contributed by atoms with E-state index in [0.29, 0.717) is 25.1 Å². The van der Waals surface area contributed by atoms with E-state index in [-0.39, 0.29) is 51.7 Å². The molecule has 248 valence electrons. The molecule has 1 saturated heterocycles. The van der Waals surface area contributed by atoms with E-state index >= 15 is 0 Å². The molecule has 8 nitrogen and oxygen atoms in total. The van der Waals surface area contributed by atoms with E-state index in [9.17, 15) is 19.8 Å². The minimum atomic E-state index is -0.885. The van der Waals surface area contributed by atoms with Gasteiger partial charge in [-0.2, -0.15) is 0 Å². The lowest BCUT2D eigenvalue weighted by molar-refractivity contribution is -0.176. The van der Waals surface area contributed by atoms with Crippen LogP contribution in [0.25, 0.3) is 11.0 Å². The number of aromatic nitrogens is 2. The van der Waals surface area contributed by atoms with Crippen molar-refractivity contribution in [3.8, 4) is 0 Å². The van der Waals surface area contributed by atoms with E-state index in [2.05, 4.69) is 42.0 Å². The van der Waals surface area contributed by atoms with Crippen LogP contribution in [0.1, 0.15) is 88.2 Å². The Kier molecular flexibility index (Phi) is 6.31. The fraction of sp³-hybridized carbons (Fsp3) is 0.590. The maximum atomic E-state index is 14.4. The normalized spacial score (nSPS) is 41.4. The number of β-amino-alcohol motifs (C(OH)–C–C–N with tert-alkyl or cyclic N) is 1. The van der Waals surface area contributed by atoms with Crippen molar-refractivity contribution in [1.82, 2.24) is 14.5 Å². The molecule has 1 aliphatic heterocycles. The van der Waals surface area contributed by atoms with Crippen LogP contribution in [0.4, 0.5) is 0 Å².